The molecular weight excluding hydrogens is 394 g/mol. The number of carbonyl (C=O) groups is 1. The molecule has 0 radical (unpaired) electrons. The average molecular weight is 414 g/mol. The van der Waals surface area contributed by atoms with E-state index in [1.165, 1.54) is 6.20 Å². The van der Waals surface area contributed by atoms with Gasteiger partial charge in [0.15, 0.2) is 11.5 Å². The van der Waals surface area contributed by atoms with Crippen molar-refractivity contribution >= 4 is 23.4 Å². The van der Waals surface area contributed by atoms with Crippen LogP contribution in [0.25, 0.3) is 0 Å². The van der Waals surface area contributed by atoms with Crippen LogP contribution >= 0.6 is 11.6 Å². The minimum absolute atomic E-state index is 0.125. The van der Waals surface area contributed by atoms with E-state index >= 15 is 0 Å². The maximum Gasteiger partial charge on any atom is 0.358 e. The van der Waals surface area contributed by atoms with Crippen LogP contribution in [0.15, 0.2) is 54.7 Å². The van der Waals surface area contributed by atoms with Gasteiger partial charge in [-0.2, -0.15) is 0 Å². The van der Waals surface area contributed by atoms with Crippen LogP contribution in [0, 0.1) is 0 Å². The highest BCUT2D eigenvalue weighted by atomic mass is 35.5. The summed E-state index contributed by atoms with van der Waals surface area (Å²) in [7, 11) is 3.21. The normalized spacial score (nSPS) is 10.4. The number of aromatic nitrogens is 2. The Hall–Kier alpha value is -3.32. The number of carboxylic acid groups (broad SMARTS) is 1. The molecule has 7 nitrogen and oxygen atoms in total. The maximum absolute atomic E-state index is 11.7. The molecule has 0 saturated heterocycles. The Bertz CT molecular complexity index is 929. The van der Waals surface area contributed by atoms with Crippen molar-refractivity contribution < 1.29 is 19.4 Å². The number of halogens is 1. The second-order valence-corrected chi connectivity index (χ2v) is 6.61. The molecule has 0 atom stereocenters. The SMILES string of the molecule is COc1ccc(CN(Cc2ccc(OC)cc2)c2nc(Cl)cnc2C(=O)O)cc1. The molecule has 3 aromatic rings. The smallest absolute Gasteiger partial charge is 0.358 e. The summed E-state index contributed by atoms with van der Waals surface area (Å²) in [5, 5.41) is 9.69. The molecule has 0 saturated carbocycles. The topological polar surface area (TPSA) is 84.8 Å². The molecule has 2 aromatic carbocycles. The molecule has 0 aliphatic rings. The van der Waals surface area contributed by atoms with Crippen LogP contribution in [0.2, 0.25) is 5.15 Å². The lowest BCUT2D eigenvalue weighted by atomic mass is 10.1. The largest absolute Gasteiger partial charge is 0.497 e. The molecule has 0 unspecified atom stereocenters. The third kappa shape index (κ3) is 5.14. The highest BCUT2D eigenvalue weighted by Gasteiger charge is 2.21. The molecule has 150 valence electrons. The first-order valence-corrected chi connectivity index (χ1v) is 9.14. The number of ether oxygens (including phenoxy) is 2. The number of aromatic carboxylic acids is 1. The molecule has 0 spiro atoms. The van der Waals surface area contributed by atoms with Crippen molar-refractivity contribution in [2.75, 3.05) is 19.1 Å². The van der Waals surface area contributed by atoms with Crippen LogP contribution in [0.1, 0.15) is 21.6 Å². The lowest BCUT2D eigenvalue weighted by molar-refractivity contribution is 0.0690. The van der Waals surface area contributed by atoms with Crippen LogP contribution in [0.5, 0.6) is 11.5 Å². The van der Waals surface area contributed by atoms with Crippen molar-refractivity contribution in [1.29, 1.82) is 0 Å². The summed E-state index contributed by atoms with van der Waals surface area (Å²) in [6, 6.07) is 15.1. The quantitative estimate of drug-likeness (QED) is 0.596. The first-order valence-electron chi connectivity index (χ1n) is 8.77. The van der Waals surface area contributed by atoms with Gasteiger partial charge in [0.2, 0.25) is 0 Å². The number of hydrogen-bond donors (Lipinski definition) is 1. The Morgan fingerprint density at radius 3 is 1.86 bits per heavy atom. The minimum Gasteiger partial charge on any atom is -0.497 e. The van der Waals surface area contributed by atoms with Crippen LogP contribution < -0.4 is 14.4 Å². The second-order valence-electron chi connectivity index (χ2n) is 6.22. The van der Waals surface area contributed by atoms with Gasteiger partial charge in [-0.1, -0.05) is 35.9 Å². The third-order valence-corrected chi connectivity index (χ3v) is 4.47. The Labute approximate surface area is 173 Å². The summed E-state index contributed by atoms with van der Waals surface area (Å²) in [5.74, 6) is 0.517. The van der Waals surface area contributed by atoms with Crippen molar-refractivity contribution in [3.63, 3.8) is 0 Å². The zero-order valence-electron chi connectivity index (χ0n) is 16.0. The van der Waals surface area contributed by atoms with Gasteiger partial charge in [-0.15, -0.1) is 0 Å². The van der Waals surface area contributed by atoms with Crippen molar-refractivity contribution in [3.05, 3.63) is 76.7 Å². The van der Waals surface area contributed by atoms with Crippen LogP contribution in [-0.2, 0) is 13.1 Å². The molecule has 1 heterocycles. The van der Waals surface area contributed by atoms with E-state index in [9.17, 15) is 9.90 Å². The lowest BCUT2D eigenvalue weighted by Gasteiger charge is -2.25. The number of hydrogen-bond acceptors (Lipinski definition) is 6. The minimum atomic E-state index is -1.17. The Morgan fingerprint density at radius 2 is 1.45 bits per heavy atom. The average Bonchev–Trinajstić information content (AvgIpc) is 2.74. The van der Waals surface area contributed by atoms with Gasteiger partial charge in [-0.05, 0) is 35.4 Å². The highest BCUT2D eigenvalue weighted by molar-refractivity contribution is 6.29. The predicted molar refractivity (Wildman–Crippen MR) is 110 cm³/mol. The second kappa shape index (κ2) is 9.25. The van der Waals surface area contributed by atoms with E-state index in [1.54, 1.807) is 14.2 Å². The van der Waals surface area contributed by atoms with E-state index in [1.807, 2.05) is 53.4 Å². The standard InChI is InChI=1S/C21H20ClN3O4/c1-28-16-7-3-14(4-8-16)12-25(13-15-5-9-17(29-2)10-6-15)20-19(21(26)27)23-11-18(22)24-20/h3-11H,12-13H2,1-2H3,(H,26,27). The van der Waals surface area contributed by atoms with Crippen molar-refractivity contribution in [3.8, 4) is 11.5 Å². The molecule has 0 fully saturated rings. The van der Waals surface area contributed by atoms with Gasteiger partial charge in [0.1, 0.15) is 16.7 Å². The van der Waals surface area contributed by atoms with Crippen LogP contribution in [0.3, 0.4) is 0 Å². The summed E-state index contributed by atoms with van der Waals surface area (Å²) < 4.78 is 10.4. The number of anilines is 1. The van der Waals surface area contributed by atoms with E-state index in [2.05, 4.69) is 9.97 Å². The first-order chi connectivity index (χ1) is 14.0. The summed E-state index contributed by atoms with van der Waals surface area (Å²) in [5.41, 5.74) is 1.76. The Morgan fingerprint density at radius 1 is 0.966 bits per heavy atom. The number of rotatable bonds is 8. The van der Waals surface area contributed by atoms with Gasteiger partial charge in [-0.3, -0.25) is 0 Å². The fourth-order valence-corrected chi connectivity index (χ4v) is 2.97. The van der Waals surface area contributed by atoms with E-state index in [0.29, 0.717) is 13.1 Å². The van der Waals surface area contributed by atoms with Crippen LogP contribution in [-0.4, -0.2) is 35.3 Å². The first kappa shape index (κ1) is 20.4. The monoisotopic (exact) mass is 413 g/mol. The fourth-order valence-electron chi connectivity index (χ4n) is 2.84. The Kier molecular flexibility index (Phi) is 6.51. The molecule has 1 N–H and O–H groups in total. The van der Waals surface area contributed by atoms with Gasteiger partial charge >= 0.3 is 5.97 Å². The molecule has 0 bridgehead atoms. The van der Waals surface area contributed by atoms with Crippen LogP contribution in [0.4, 0.5) is 5.82 Å². The van der Waals surface area contributed by atoms with Gasteiger partial charge in [0.25, 0.3) is 0 Å². The maximum atomic E-state index is 11.7. The van der Waals surface area contributed by atoms with Crippen molar-refractivity contribution in [2.24, 2.45) is 0 Å². The van der Waals surface area contributed by atoms with Gasteiger partial charge in [-0.25, -0.2) is 14.8 Å². The zero-order valence-corrected chi connectivity index (χ0v) is 16.8. The molecule has 0 aliphatic carbocycles. The van der Waals surface area contributed by atoms with Gasteiger partial charge in [0.05, 0.1) is 20.4 Å². The number of benzene rings is 2. The van der Waals surface area contributed by atoms with Crippen molar-refractivity contribution in [2.45, 2.75) is 13.1 Å². The molecule has 29 heavy (non-hydrogen) atoms. The van der Waals surface area contributed by atoms with E-state index < -0.39 is 5.97 Å². The van der Waals surface area contributed by atoms with E-state index in [-0.39, 0.29) is 16.7 Å². The summed E-state index contributed by atoms with van der Waals surface area (Å²) in [6.45, 7) is 0.816. The molecule has 0 amide bonds. The zero-order chi connectivity index (χ0) is 20.8. The number of nitrogens with zero attached hydrogens (tertiary/aromatic N) is 3. The highest BCUT2D eigenvalue weighted by Crippen LogP contribution is 2.24. The van der Waals surface area contributed by atoms with Crippen molar-refractivity contribution in [1.82, 2.24) is 9.97 Å². The predicted octanol–water partition coefficient (Wildman–Crippen LogP) is 4.05. The molecule has 1 aromatic heterocycles. The summed E-state index contributed by atoms with van der Waals surface area (Å²) in [6.07, 6.45) is 1.23. The molecular formula is C21H20ClN3O4. The van der Waals surface area contributed by atoms with E-state index in [0.717, 1.165) is 22.6 Å². The van der Waals surface area contributed by atoms with Gasteiger partial charge < -0.3 is 19.5 Å². The summed E-state index contributed by atoms with van der Waals surface area (Å²) >= 11 is 6.02. The number of methoxy groups -OCH3 is 2. The summed E-state index contributed by atoms with van der Waals surface area (Å²) in [4.78, 5) is 21.7. The molecule has 8 heteroatoms. The molecule has 0 aliphatic heterocycles. The third-order valence-electron chi connectivity index (χ3n) is 4.29. The van der Waals surface area contributed by atoms with E-state index in [4.69, 9.17) is 21.1 Å². The lowest BCUT2D eigenvalue weighted by Crippen LogP contribution is -2.26. The fraction of sp³-hybridized carbons (Fsp3) is 0.190. The Balaban J connectivity index is 1.98. The number of carboxylic acids is 1. The van der Waals surface area contributed by atoms with Gasteiger partial charge in [0, 0.05) is 13.1 Å². The molecule has 3 rings (SSSR count).